The summed E-state index contributed by atoms with van der Waals surface area (Å²) in [7, 11) is 0. The first-order chi connectivity index (χ1) is 10.7. The maximum absolute atomic E-state index is 12.3. The number of benzene rings is 2. The predicted octanol–water partition coefficient (Wildman–Crippen LogP) is 4.34. The van der Waals surface area contributed by atoms with Crippen LogP contribution in [0.25, 0.3) is 22.4 Å². The van der Waals surface area contributed by atoms with Crippen LogP contribution in [-0.2, 0) is 0 Å². The summed E-state index contributed by atoms with van der Waals surface area (Å²) in [4.78, 5) is 15.1. The Bertz CT molecular complexity index is 910. The predicted molar refractivity (Wildman–Crippen MR) is 90.3 cm³/mol. The molecule has 4 heteroatoms. The molecule has 2 aromatic carbocycles. The van der Waals surface area contributed by atoms with E-state index in [2.05, 4.69) is 20.9 Å². The number of H-pyrrole nitrogens is 1. The van der Waals surface area contributed by atoms with E-state index in [1.165, 1.54) is 0 Å². The van der Waals surface area contributed by atoms with E-state index < -0.39 is 0 Å². The molecule has 0 aliphatic rings. The van der Waals surface area contributed by atoms with Crippen LogP contribution in [0.3, 0.4) is 0 Å². The maximum atomic E-state index is 12.3. The lowest BCUT2D eigenvalue weighted by Crippen LogP contribution is -2.13. The van der Waals surface area contributed by atoms with Gasteiger partial charge in [-0.05, 0) is 27.1 Å². The topological polar surface area (TPSA) is 56.6 Å². The molecule has 0 unspecified atom stereocenters. The molecule has 1 N–H and O–H groups in total. The first-order valence-electron chi connectivity index (χ1n) is 6.69. The van der Waals surface area contributed by atoms with Crippen molar-refractivity contribution in [3.8, 4) is 28.5 Å². The number of nitriles is 1. The second kappa shape index (κ2) is 6.00. The summed E-state index contributed by atoms with van der Waals surface area (Å²) in [5.74, 6) is 0. The average Bonchev–Trinajstić information content (AvgIpc) is 2.57. The Morgan fingerprint density at radius 3 is 2.00 bits per heavy atom. The van der Waals surface area contributed by atoms with Crippen molar-refractivity contribution < 1.29 is 0 Å². The van der Waals surface area contributed by atoms with Crippen LogP contribution < -0.4 is 5.56 Å². The highest BCUT2D eigenvalue weighted by molar-refractivity contribution is 9.10. The molecule has 3 aromatic rings. The summed E-state index contributed by atoms with van der Waals surface area (Å²) in [6.07, 6.45) is 0. The van der Waals surface area contributed by atoms with Crippen LogP contribution in [0.2, 0.25) is 0 Å². The lowest BCUT2D eigenvalue weighted by molar-refractivity contribution is 1.21. The number of aromatic amines is 1. The molecular formula is C18H11BrN2O. The number of hydrogen-bond acceptors (Lipinski definition) is 2. The van der Waals surface area contributed by atoms with Gasteiger partial charge in [0.25, 0.3) is 5.56 Å². The lowest BCUT2D eigenvalue weighted by Gasteiger charge is -2.12. The molecule has 0 aliphatic carbocycles. The van der Waals surface area contributed by atoms with Crippen LogP contribution in [0.5, 0.6) is 0 Å². The van der Waals surface area contributed by atoms with Crippen molar-refractivity contribution in [2.45, 2.75) is 0 Å². The van der Waals surface area contributed by atoms with Crippen molar-refractivity contribution in [3.05, 3.63) is 81.1 Å². The van der Waals surface area contributed by atoms with Crippen molar-refractivity contribution in [2.24, 2.45) is 0 Å². The molecule has 106 valence electrons. The fourth-order valence-corrected chi connectivity index (χ4v) is 3.12. The molecule has 3 nitrogen and oxygen atoms in total. The van der Waals surface area contributed by atoms with Crippen molar-refractivity contribution in [3.63, 3.8) is 0 Å². The Morgan fingerprint density at radius 1 is 0.909 bits per heavy atom. The summed E-state index contributed by atoms with van der Waals surface area (Å²) in [6, 6.07) is 21.0. The van der Waals surface area contributed by atoms with Crippen LogP contribution in [0, 0.1) is 11.3 Å². The summed E-state index contributed by atoms with van der Waals surface area (Å²) >= 11 is 3.56. The van der Waals surface area contributed by atoms with Gasteiger partial charge in [0.15, 0.2) is 0 Å². The van der Waals surface area contributed by atoms with E-state index >= 15 is 0 Å². The van der Waals surface area contributed by atoms with E-state index in [1.807, 2.05) is 66.7 Å². The highest BCUT2D eigenvalue weighted by Gasteiger charge is 2.18. The van der Waals surface area contributed by atoms with Crippen LogP contribution in [0.15, 0.2) is 69.9 Å². The molecular weight excluding hydrogens is 340 g/mol. The molecule has 0 saturated heterocycles. The summed E-state index contributed by atoms with van der Waals surface area (Å²) in [5.41, 5.74) is 2.72. The Hall–Kier alpha value is -2.64. The minimum atomic E-state index is -0.386. The zero-order valence-corrected chi connectivity index (χ0v) is 13.1. The van der Waals surface area contributed by atoms with E-state index in [9.17, 15) is 10.1 Å². The maximum Gasteiger partial charge on any atom is 0.267 e. The number of rotatable bonds is 2. The SMILES string of the molecule is N#Cc1c(-c2ccccc2)c(Br)c(-c2ccccc2)[nH]c1=O. The standard InChI is InChI=1S/C18H11BrN2O/c19-16-15(12-7-3-1-4-8-12)14(11-20)18(22)21-17(16)13-9-5-2-6-10-13/h1-10H,(H,21,22). The third kappa shape index (κ3) is 2.47. The van der Waals surface area contributed by atoms with Crippen LogP contribution in [-0.4, -0.2) is 4.98 Å². The molecule has 0 bridgehead atoms. The number of nitrogens with zero attached hydrogens (tertiary/aromatic N) is 1. The van der Waals surface area contributed by atoms with Gasteiger partial charge in [0.05, 0.1) is 10.2 Å². The van der Waals surface area contributed by atoms with E-state index in [1.54, 1.807) is 0 Å². The van der Waals surface area contributed by atoms with Crippen LogP contribution in [0.4, 0.5) is 0 Å². The minimum Gasteiger partial charge on any atom is -0.320 e. The van der Waals surface area contributed by atoms with Crippen LogP contribution in [0.1, 0.15) is 5.56 Å². The van der Waals surface area contributed by atoms with Gasteiger partial charge >= 0.3 is 0 Å². The largest absolute Gasteiger partial charge is 0.320 e. The van der Waals surface area contributed by atoms with Gasteiger partial charge in [-0.3, -0.25) is 4.79 Å². The van der Waals surface area contributed by atoms with Crippen LogP contribution >= 0.6 is 15.9 Å². The molecule has 0 radical (unpaired) electrons. The Morgan fingerprint density at radius 2 is 1.45 bits per heavy atom. The molecule has 0 atom stereocenters. The summed E-state index contributed by atoms with van der Waals surface area (Å²) in [6.45, 7) is 0. The van der Waals surface area contributed by atoms with Crippen molar-refractivity contribution >= 4 is 15.9 Å². The Kier molecular flexibility index (Phi) is 3.90. The zero-order chi connectivity index (χ0) is 15.5. The fraction of sp³-hybridized carbons (Fsp3) is 0. The fourth-order valence-electron chi connectivity index (χ4n) is 2.37. The Labute approximate surface area is 136 Å². The summed E-state index contributed by atoms with van der Waals surface area (Å²) in [5, 5.41) is 9.36. The van der Waals surface area contributed by atoms with Crippen molar-refractivity contribution in [1.82, 2.24) is 4.98 Å². The van der Waals surface area contributed by atoms with Gasteiger partial charge in [-0.2, -0.15) is 5.26 Å². The number of aromatic nitrogens is 1. The molecule has 0 spiro atoms. The van der Waals surface area contributed by atoms with Crippen molar-refractivity contribution in [1.29, 1.82) is 5.26 Å². The van der Waals surface area contributed by atoms with E-state index in [4.69, 9.17) is 0 Å². The molecule has 0 amide bonds. The molecule has 3 rings (SSSR count). The average molecular weight is 351 g/mol. The number of halogens is 1. The molecule has 0 aliphatic heterocycles. The quantitative estimate of drug-likeness (QED) is 0.747. The third-order valence-electron chi connectivity index (χ3n) is 3.39. The van der Waals surface area contributed by atoms with E-state index in [0.29, 0.717) is 15.7 Å². The highest BCUT2D eigenvalue weighted by Crippen LogP contribution is 2.35. The van der Waals surface area contributed by atoms with Gasteiger partial charge in [-0.15, -0.1) is 0 Å². The normalized spacial score (nSPS) is 10.2. The number of pyridine rings is 1. The molecule has 1 aromatic heterocycles. The highest BCUT2D eigenvalue weighted by atomic mass is 79.9. The minimum absolute atomic E-state index is 0.109. The van der Waals surface area contributed by atoms with E-state index in [-0.39, 0.29) is 11.1 Å². The van der Waals surface area contributed by atoms with Gasteiger partial charge in [0.1, 0.15) is 11.6 Å². The van der Waals surface area contributed by atoms with Crippen molar-refractivity contribution in [2.75, 3.05) is 0 Å². The zero-order valence-electron chi connectivity index (χ0n) is 11.5. The molecule has 0 saturated carbocycles. The van der Waals surface area contributed by atoms with E-state index in [0.717, 1.165) is 11.1 Å². The molecule has 0 fully saturated rings. The van der Waals surface area contributed by atoms with Gasteiger partial charge in [-0.1, -0.05) is 60.7 Å². The smallest absolute Gasteiger partial charge is 0.267 e. The second-order valence-corrected chi connectivity index (χ2v) is 5.53. The Balaban J connectivity index is 2.36. The third-order valence-corrected chi connectivity index (χ3v) is 4.18. The molecule has 22 heavy (non-hydrogen) atoms. The first-order valence-corrected chi connectivity index (χ1v) is 7.48. The first kappa shape index (κ1) is 14.3. The lowest BCUT2D eigenvalue weighted by atomic mass is 9.99. The molecule has 1 heterocycles. The number of nitrogens with one attached hydrogen (secondary N) is 1. The number of hydrogen-bond donors (Lipinski definition) is 1. The second-order valence-electron chi connectivity index (χ2n) is 4.74. The summed E-state index contributed by atoms with van der Waals surface area (Å²) < 4.78 is 0.709. The van der Waals surface area contributed by atoms with Gasteiger partial charge in [0, 0.05) is 5.56 Å². The van der Waals surface area contributed by atoms with Gasteiger partial charge in [0.2, 0.25) is 0 Å². The van der Waals surface area contributed by atoms with Gasteiger partial charge in [-0.25, -0.2) is 0 Å². The van der Waals surface area contributed by atoms with Gasteiger partial charge < -0.3 is 4.98 Å². The monoisotopic (exact) mass is 350 g/mol.